The van der Waals surface area contributed by atoms with Crippen LogP contribution in [0.4, 0.5) is 5.69 Å². The van der Waals surface area contributed by atoms with Crippen LogP contribution >= 0.6 is 11.8 Å². The van der Waals surface area contributed by atoms with Crippen LogP contribution in [-0.4, -0.2) is 29.7 Å². The molecular formula is C23H28N2O3S. The van der Waals surface area contributed by atoms with Gasteiger partial charge in [0.15, 0.2) is 6.04 Å². The van der Waals surface area contributed by atoms with Gasteiger partial charge in [0.2, 0.25) is 0 Å². The Hall–Kier alpha value is -2.65. The summed E-state index contributed by atoms with van der Waals surface area (Å²) in [6, 6.07) is 12.0. The Kier molecular flexibility index (Phi) is 8.88. The van der Waals surface area contributed by atoms with E-state index >= 15 is 0 Å². The minimum absolute atomic E-state index is 0.527. The molecule has 6 heteroatoms. The first kappa shape index (κ1) is 22.6. The Labute approximate surface area is 177 Å². The van der Waals surface area contributed by atoms with Gasteiger partial charge in [-0.2, -0.15) is 17.0 Å². The Morgan fingerprint density at radius 3 is 2.55 bits per heavy atom. The number of nitrogens with zero attached hydrogens (tertiary/aromatic N) is 1. The molecular weight excluding hydrogens is 384 g/mol. The number of hydrogen-bond donors (Lipinski definition) is 2. The van der Waals surface area contributed by atoms with Crippen molar-refractivity contribution in [1.82, 2.24) is 0 Å². The van der Waals surface area contributed by atoms with Crippen molar-refractivity contribution >= 4 is 23.4 Å². The lowest BCUT2D eigenvalue weighted by Crippen LogP contribution is -2.22. The van der Waals surface area contributed by atoms with Gasteiger partial charge in [-0.25, -0.2) is 4.79 Å². The molecule has 2 aromatic rings. The van der Waals surface area contributed by atoms with Crippen molar-refractivity contribution in [1.29, 1.82) is 5.26 Å². The topological polar surface area (TPSA) is 82.4 Å². The van der Waals surface area contributed by atoms with E-state index in [0.717, 1.165) is 36.1 Å². The predicted molar refractivity (Wildman–Crippen MR) is 119 cm³/mol. The van der Waals surface area contributed by atoms with Crippen LogP contribution in [0.2, 0.25) is 0 Å². The van der Waals surface area contributed by atoms with Gasteiger partial charge in [0.1, 0.15) is 5.75 Å². The molecule has 0 spiro atoms. The van der Waals surface area contributed by atoms with Crippen LogP contribution in [0.15, 0.2) is 36.4 Å². The summed E-state index contributed by atoms with van der Waals surface area (Å²) in [5.41, 5.74) is 3.96. The number of carboxylic acids is 1. The summed E-state index contributed by atoms with van der Waals surface area (Å²) >= 11 is 1.69. The Balaban J connectivity index is 2.49. The molecule has 154 valence electrons. The molecule has 0 aliphatic heterocycles. The summed E-state index contributed by atoms with van der Waals surface area (Å²) in [6.07, 6.45) is 4.62. The molecule has 0 bridgehead atoms. The molecule has 1 atom stereocenters. The third kappa shape index (κ3) is 6.16. The van der Waals surface area contributed by atoms with Crippen LogP contribution in [0, 0.1) is 11.3 Å². The van der Waals surface area contributed by atoms with E-state index in [1.807, 2.05) is 12.3 Å². The third-order valence-electron chi connectivity index (χ3n) is 4.60. The molecule has 2 rings (SSSR count). The maximum Gasteiger partial charge on any atom is 0.330 e. The first-order chi connectivity index (χ1) is 14.0. The van der Waals surface area contributed by atoms with Crippen molar-refractivity contribution in [2.75, 3.05) is 23.9 Å². The molecule has 5 nitrogen and oxygen atoms in total. The highest BCUT2D eigenvalue weighted by molar-refractivity contribution is 7.98. The van der Waals surface area contributed by atoms with Crippen LogP contribution in [0.25, 0.3) is 0 Å². The summed E-state index contributed by atoms with van der Waals surface area (Å²) in [5, 5.41) is 22.1. The number of nitriles is 1. The van der Waals surface area contributed by atoms with Gasteiger partial charge in [-0.3, -0.25) is 0 Å². The fraction of sp³-hybridized carbons (Fsp3) is 0.391. The fourth-order valence-electron chi connectivity index (χ4n) is 3.14. The van der Waals surface area contributed by atoms with Gasteiger partial charge in [0.05, 0.1) is 18.2 Å². The smallest absolute Gasteiger partial charge is 0.330 e. The highest BCUT2D eigenvalue weighted by Gasteiger charge is 2.26. The lowest BCUT2D eigenvalue weighted by molar-refractivity contribution is -0.138. The van der Waals surface area contributed by atoms with E-state index in [1.54, 1.807) is 36.0 Å². The molecule has 2 N–H and O–H groups in total. The van der Waals surface area contributed by atoms with E-state index in [0.29, 0.717) is 29.2 Å². The average molecular weight is 413 g/mol. The molecule has 0 radical (unpaired) electrons. The van der Waals surface area contributed by atoms with Crippen molar-refractivity contribution in [3.05, 3.63) is 58.7 Å². The molecule has 2 aromatic carbocycles. The Bertz CT molecular complexity index is 860. The lowest BCUT2D eigenvalue weighted by atomic mass is 9.95. The molecule has 0 aromatic heterocycles. The number of benzene rings is 2. The second-order valence-corrected chi connectivity index (χ2v) is 7.71. The molecule has 1 unspecified atom stereocenters. The number of aryl methyl sites for hydroxylation is 2. The molecule has 0 saturated carbocycles. The average Bonchev–Trinajstić information content (AvgIpc) is 2.73. The van der Waals surface area contributed by atoms with Crippen LogP contribution in [0.3, 0.4) is 0 Å². The molecule has 29 heavy (non-hydrogen) atoms. The Morgan fingerprint density at radius 1 is 1.28 bits per heavy atom. The number of aliphatic carboxylic acids is 1. The summed E-state index contributed by atoms with van der Waals surface area (Å²) < 4.78 is 6.10. The minimum Gasteiger partial charge on any atom is -0.492 e. The van der Waals surface area contributed by atoms with E-state index in [-0.39, 0.29) is 0 Å². The zero-order chi connectivity index (χ0) is 21.2. The molecule has 0 aliphatic carbocycles. The quantitative estimate of drug-likeness (QED) is 0.503. The number of carboxylic acid groups (broad SMARTS) is 1. The van der Waals surface area contributed by atoms with Crippen molar-refractivity contribution in [2.45, 2.75) is 39.2 Å². The van der Waals surface area contributed by atoms with E-state index in [2.05, 4.69) is 31.3 Å². The first-order valence-corrected chi connectivity index (χ1v) is 11.2. The standard InChI is InChI=1S/C23H28N2O3S/c1-4-6-18-13-16(5-2)14-20(22(18)28-11-12-29-3)21(23(26)27)25-19-9-7-17(15-24)8-10-19/h7-10,13-14,21,25H,4-6,11-12H2,1-3H3,(H,26,27). The number of thioether (sulfide) groups is 1. The van der Waals surface area contributed by atoms with Crippen molar-refractivity contribution in [3.63, 3.8) is 0 Å². The van der Waals surface area contributed by atoms with Crippen LogP contribution in [0.1, 0.15) is 48.6 Å². The monoisotopic (exact) mass is 412 g/mol. The van der Waals surface area contributed by atoms with Crippen molar-refractivity contribution in [2.24, 2.45) is 0 Å². The van der Waals surface area contributed by atoms with Gasteiger partial charge < -0.3 is 15.2 Å². The lowest BCUT2D eigenvalue weighted by Gasteiger charge is -2.23. The predicted octanol–water partition coefficient (Wildman–Crippen LogP) is 5.05. The zero-order valence-electron chi connectivity index (χ0n) is 17.2. The van der Waals surface area contributed by atoms with Crippen LogP contribution in [-0.2, 0) is 17.6 Å². The molecule has 0 amide bonds. The number of anilines is 1. The van der Waals surface area contributed by atoms with Gasteiger partial charge in [0.25, 0.3) is 0 Å². The van der Waals surface area contributed by atoms with Gasteiger partial charge in [-0.05, 0) is 60.6 Å². The van der Waals surface area contributed by atoms with Gasteiger partial charge >= 0.3 is 5.97 Å². The summed E-state index contributed by atoms with van der Waals surface area (Å²) in [7, 11) is 0. The first-order valence-electron chi connectivity index (χ1n) is 9.80. The number of hydrogen-bond acceptors (Lipinski definition) is 5. The van der Waals surface area contributed by atoms with E-state index < -0.39 is 12.0 Å². The normalized spacial score (nSPS) is 11.5. The van der Waals surface area contributed by atoms with Crippen molar-refractivity contribution < 1.29 is 14.6 Å². The fourth-order valence-corrected chi connectivity index (χ4v) is 3.39. The summed E-state index contributed by atoms with van der Waals surface area (Å²) in [4.78, 5) is 12.2. The summed E-state index contributed by atoms with van der Waals surface area (Å²) in [5.74, 6) is 0.535. The number of rotatable bonds is 11. The largest absolute Gasteiger partial charge is 0.492 e. The maximum atomic E-state index is 12.2. The molecule has 0 fully saturated rings. The van der Waals surface area contributed by atoms with E-state index in [1.165, 1.54) is 0 Å². The Morgan fingerprint density at radius 2 is 2.00 bits per heavy atom. The highest BCUT2D eigenvalue weighted by Crippen LogP contribution is 2.34. The number of ether oxygens (including phenoxy) is 1. The maximum absolute atomic E-state index is 12.2. The van der Waals surface area contributed by atoms with Crippen molar-refractivity contribution in [3.8, 4) is 11.8 Å². The molecule has 0 saturated heterocycles. The van der Waals surface area contributed by atoms with Gasteiger partial charge in [-0.15, -0.1) is 0 Å². The molecule has 0 aliphatic rings. The minimum atomic E-state index is -0.972. The highest BCUT2D eigenvalue weighted by atomic mass is 32.2. The number of nitrogens with one attached hydrogen (secondary N) is 1. The van der Waals surface area contributed by atoms with E-state index in [9.17, 15) is 9.90 Å². The molecule has 0 heterocycles. The third-order valence-corrected chi connectivity index (χ3v) is 5.17. The number of carbonyl (C=O) groups is 1. The van der Waals surface area contributed by atoms with Gasteiger partial charge in [0, 0.05) is 17.0 Å². The van der Waals surface area contributed by atoms with E-state index in [4.69, 9.17) is 10.00 Å². The van der Waals surface area contributed by atoms with Crippen LogP contribution < -0.4 is 10.1 Å². The second-order valence-electron chi connectivity index (χ2n) is 6.72. The second kappa shape index (κ2) is 11.4. The summed E-state index contributed by atoms with van der Waals surface area (Å²) in [6.45, 7) is 4.69. The SMILES string of the molecule is CCCc1cc(CC)cc(C(Nc2ccc(C#N)cc2)C(=O)O)c1OCCSC. The van der Waals surface area contributed by atoms with Gasteiger partial charge in [-0.1, -0.05) is 26.3 Å². The zero-order valence-corrected chi connectivity index (χ0v) is 18.0. The van der Waals surface area contributed by atoms with Crippen LogP contribution in [0.5, 0.6) is 5.75 Å².